The highest BCUT2D eigenvalue weighted by atomic mass is 16.1. The first-order valence-corrected chi connectivity index (χ1v) is 9.00. The average Bonchev–Trinajstić information content (AvgIpc) is 3.06. The summed E-state index contributed by atoms with van der Waals surface area (Å²) in [6.45, 7) is 4.12. The molecule has 0 bridgehead atoms. The Labute approximate surface area is 142 Å². The Balaban J connectivity index is 1.48. The summed E-state index contributed by atoms with van der Waals surface area (Å²) in [5.74, 6) is 0.419. The zero-order valence-electron chi connectivity index (χ0n) is 14.0. The second-order valence-electron chi connectivity index (χ2n) is 6.94. The Bertz CT molecular complexity index is 726. The molecule has 1 saturated carbocycles. The van der Waals surface area contributed by atoms with Gasteiger partial charge >= 0.3 is 0 Å². The predicted octanol–water partition coefficient (Wildman–Crippen LogP) is 2.12. The number of aromatic amines is 1. The van der Waals surface area contributed by atoms with Crippen molar-refractivity contribution in [3.8, 4) is 0 Å². The van der Waals surface area contributed by atoms with Crippen molar-refractivity contribution < 1.29 is 4.79 Å². The second-order valence-corrected chi connectivity index (χ2v) is 6.94. The molecule has 1 amide bonds. The first-order chi connectivity index (χ1) is 11.7. The Kier molecular flexibility index (Phi) is 4.14. The molecule has 2 aromatic rings. The maximum absolute atomic E-state index is 11.6. The average molecular weight is 327 g/mol. The number of primary amides is 1. The molecule has 0 unspecified atom stereocenters. The Morgan fingerprint density at radius 3 is 2.58 bits per heavy atom. The maximum Gasteiger partial charge on any atom is 0.250 e. The Morgan fingerprint density at radius 2 is 1.88 bits per heavy atom. The van der Waals surface area contributed by atoms with Gasteiger partial charge in [-0.3, -0.25) is 9.69 Å². The van der Waals surface area contributed by atoms with E-state index >= 15 is 0 Å². The second kappa shape index (κ2) is 6.43. The molecule has 1 aromatic heterocycles. The van der Waals surface area contributed by atoms with E-state index in [1.165, 1.54) is 32.1 Å². The standard InChI is InChI=1S/C18H25N5O/c19-17(24)14-7-4-8-15-16(14)21-18(20-15)23-11-9-22(10-12-23)13-5-2-1-3-6-13/h4,7-8,13H,1-3,5-6,9-12H2,(H2,19,24)(H,20,21). The van der Waals surface area contributed by atoms with Crippen molar-refractivity contribution in [3.05, 3.63) is 23.8 Å². The summed E-state index contributed by atoms with van der Waals surface area (Å²) in [5, 5.41) is 0. The van der Waals surface area contributed by atoms with Crippen molar-refractivity contribution >= 4 is 22.9 Å². The van der Waals surface area contributed by atoms with E-state index < -0.39 is 5.91 Å². The number of piperazine rings is 1. The van der Waals surface area contributed by atoms with Crippen LogP contribution in [-0.4, -0.2) is 53.0 Å². The van der Waals surface area contributed by atoms with Gasteiger partial charge in [0.05, 0.1) is 11.1 Å². The highest BCUT2D eigenvalue weighted by Crippen LogP contribution is 2.25. The van der Waals surface area contributed by atoms with Gasteiger partial charge in [-0.15, -0.1) is 0 Å². The van der Waals surface area contributed by atoms with Crippen LogP contribution in [0.2, 0.25) is 0 Å². The van der Waals surface area contributed by atoms with Crippen molar-refractivity contribution in [3.63, 3.8) is 0 Å². The van der Waals surface area contributed by atoms with Crippen LogP contribution in [0.25, 0.3) is 11.0 Å². The van der Waals surface area contributed by atoms with Crippen LogP contribution in [0, 0.1) is 0 Å². The van der Waals surface area contributed by atoms with E-state index in [4.69, 9.17) is 5.73 Å². The van der Waals surface area contributed by atoms with Crippen LogP contribution in [0.1, 0.15) is 42.5 Å². The number of rotatable bonds is 3. The SMILES string of the molecule is NC(=O)c1cccc2[nH]c(N3CCN(C4CCCCC4)CC3)nc12. The number of carbonyl (C=O) groups excluding carboxylic acids is 1. The number of hydrogen-bond donors (Lipinski definition) is 2. The van der Waals surface area contributed by atoms with Crippen molar-refractivity contribution in [1.29, 1.82) is 0 Å². The number of anilines is 1. The highest BCUT2D eigenvalue weighted by molar-refractivity contribution is 6.04. The molecule has 1 aliphatic carbocycles. The molecule has 2 heterocycles. The minimum absolute atomic E-state index is 0.430. The summed E-state index contributed by atoms with van der Waals surface area (Å²) < 4.78 is 0. The fourth-order valence-corrected chi connectivity index (χ4v) is 4.11. The van der Waals surface area contributed by atoms with Crippen LogP contribution in [0.5, 0.6) is 0 Å². The number of hydrogen-bond acceptors (Lipinski definition) is 4. The highest BCUT2D eigenvalue weighted by Gasteiger charge is 2.26. The van der Waals surface area contributed by atoms with Gasteiger partial charge in [0.25, 0.3) is 5.91 Å². The number of nitrogens with two attached hydrogens (primary N) is 1. The molecule has 4 rings (SSSR count). The van der Waals surface area contributed by atoms with Gasteiger partial charge in [-0.25, -0.2) is 4.98 Å². The van der Waals surface area contributed by atoms with Crippen LogP contribution in [0.3, 0.4) is 0 Å². The summed E-state index contributed by atoms with van der Waals surface area (Å²) in [5.41, 5.74) is 7.48. The molecule has 128 valence electrons. The molecule has 1 aromatic carbocycles. The van der Waals surface area contributed by atoms with Crippen molar-refractivity contribution in [2.75, 3.05) is 31.1 Å². The molecule has 6 heteroatoms. The van der Waals surface area contributed by atoms with Crippen molar-refractivity contribution in [2.24, 2.45) is 5.73 Å². The molecular weight excluding hydrogens is 302 g/mol. The van der Waals surface area contributed by atoms with Crippen LogP contribution < -0.4 is 10.6 Å². The Morgan fingerprint density at radius 1 is 1.12 bits per heavy atom. The molecule has 6 nitrogen and oxygen atoms in total. The zero-order valence-corrected chi connectivity index (χ0v) is 14.0. The van der Waals surface area contributed by atoms with Crippen LogP contribution in [0.4, 0.5) is 5.95 Å². The molecule has 1 aliphatic heterocycles. The number of amides is 1. The fourth-order valence-electron chi connectivity index (χ4n) is 4.11. The lowest BCUT2D eigenvalue weighted by atomic mass is 9.94. The molecule has 0 radical (unpaired) electrons. The summed E-state index contributed by atoms with van der Waals surface area (Å²) in [6.07, 6.45) is 6.87. The fraction of sp³-hybridized carbons (Fsp3) is 0.556. The summed E-state index contributed by atoms with van der Waals surface area (Å²) >= 11 is 0. The predicted molar refractivity (Wildman–Crippen MR) is 95.3 cm³/mol. The number of para-hydroxylation sites is 1. The van der Waals surface area contributed by atoms with E-state index in [1.807, 2.05) is 12.1 Å². The quantitative estimate of drug-likeness (QED) is 0.905. The molecule has 2 aliphatic rings. The first kappa shape index (κ1) is 15.4. The lowest BCUT2D eigenvalue weighted by Gasteiger charge is -2.40. The molecule has 24 heavy (non-hydrogen) atoms. The normalized spacial score (nSPS) is 20.6. The van der Waals surface area contributed by atoms with Gasteiger partial charge < -0.3 is 15.6 Å². The third kappa shape index (κ3) is 2.86. The van der Waals surface area contributed by atoms with Crippen LogP contribution >= 0.6 is 0 Å². The van der Waals surface area contributed by atoms with E-state index in [2.05, 4.69) is 19.8 Å². The summed E-state index contributed by atoms with van der Waals surface area (Å²) in [7, 11) is 0. The third-order valence-corrected chi connectivity index (χ3v) is 5.47. The number of nitrogens with one attached hydrogen (secondary N) is 1. The van der Waals surface area contributed by atoms with E-state index in [1.54, 1.807) is 6.07 Å². The van der Waals surface area contributed by atoms with E-state index in [0.29, 0.717) is 11.1 Å². The Hall–Kier alpha value is -2.08. The maximum atomic E-state index is 11.6. The summed E-state index contributed by atoms with van der Waals surface area (Å²) in [4.78, 5) is 24.5. The molecule has 0 spiro atoms. The van der Waals surface area contributed by atoms with Crippen molar-refractivity contribution in [1.82, 2.24) is 14.9 Å². The number of fused-ring (bicyclic) bond motifs is 1. The molecule has 3 N–H and O–H groups in total. The van der Waals surface area contributed by atoms with Gasteiger partial charge in [0.15, 0.2) is 0 Å². The van der Waals surface area contributed by atoms with E-state index in [0.717, 1.165) is 43.7 Å². The van der Waals surface area contributed by atoms with Gasteiger partial charge in [-0.05, 0) is 25.0 Å². The molecule has 0 atom stereocenters. The number of nitrogens with zero attached hydrogens (tertiary/aromatic N) is 3. The summed E-state index contributed by atoms with van der Waals surface area (Å²) in [6, 6.07) is 6.29. The van der Waals surface area contributed by atoms with Gasteiger partial charge in [0, 0.05) is 32.2 Å². The number of benzene rings is 1. The van der Waals surface area contributed by atoms with Gasteiger partial charge in [-0.2, -0.15) is 0 Å². The van der Waals surface area contributed by atoms with E-state index in [-0.39, 0.29) is 0 Å². The molecule has 2 fully saturated rings. The smallest absolute Gasteiger partial charge is 0.250 e. The number of H-pyrrole nitrogens is 1. The monoisotopic (exact) mass is 327 g/mol. The molecular formula is C18H25N5O. The van der Waals surface area contributed by atoms with Crippen LogP contribution in [0.15, 0.2) is 18.2 Å². The lowest BCUT2D eigenvalue weighted by molar-refractivity contribution is 0.100. The first-order valence-electron chi connectivity index (χ1n) is 9.00. The topological polar surface area (TPSA) is 78.2 Å². The minimum Gasteiger partial charge on any atom is -0.366 e. The van der Waals surface area contributed by atoms with Gasteiger partial charge in [0.2, 0.25) is 5.95 Å². The third-order valence-electron chi connectivity index (χ3n) is 5.47. The van der Waals surface area contributed by atoms with Gasteiger partial charge in [-0.1, -0.05) is 25.3 Å². The lowest BCUT2D eigenvalue weighted by Crippen LogP contribution is -2.51. The zero-order chi connectivity index (χ0) is 16.5. The van der Waals surface area contributed by atoms with Crippen LogP contribution in [-0.2, 0) is 0 Å². The molecule has 1 saturated heterocycles. The van der Waals surface area contributed by atoms with E-state index in [9.17, 15) is 4.79 Å². The van der Waals surface area contributed by atoms with Gasteiger partial charge in [0.1, 0.15) is 5.52 Å². The number of carbonyl (C=O) groups is 1. The minimum atomic E-state index is -0.430. The number of imidazole rings is 1. The van der Waals surface area contributed by atoms with Crippen molar-refractivity contribution in [2.45, 2.75) is 38.1 Å². The number of aromatic nitrogens is 2. The largest absolute Gasteiger partial charge is 0.366 e.